The monoisotopic (exact) mass is 287 g/mol. The van der Waals surface area contributed by atoms with Crippen LogP contribution in [0.5, 0.6) is 0 Å². The predicted molar refractivity (Wildman–Crippen MR) is 75.2 cm³/mol. The fourth-order valence-corrected chi connectivity index (χ4v) is 3.03. The molecule has 0 aromatic carbocycles. The molecule has 4 rings (SSSR count). The van der Waals surface area contributed by atoms with Crippen LogP contribution in [-0.4, -0.2) is 45.8 Å². The Morgan fingerprint density at radius 3 is 3.19 bits per heavy atom. The summed E-state index contributed by atoms with van der Waals surface area (Å²) in [5.41, 5.74) is 7.02. The third-order valence-corrected chi connectivity index (χ3v) is 4.13. The van der Waals surface area contributed by atoms with Crippen molar-refractivity contribution in [1.82, 2.24) is 20.0 Å². The van der Waals surface area contributed by atoms with Crippen LogP contribution in [-0.2, 0) is 4.74 Å². The number of hydrogen-bond donors (Lipinski definition) is 1. The zero-order valence-corrected chi connectivity index (χ0v) is 11.6. The van der Waals surface area contributed by atoms with Gasteiger partial charge in [-0.3, -0.25) is 9.88 Å². The SMILES string of the molecule is Nc1cncc(-c2nc(C3CN4CCCC4CO3)no2)c1. The average Bonchev–Trinajstić information content (AvgIpc) is 3.15. The van der Waals surface area contributed by atoms with E-state index in [4.69, 9.17) is 15.0 Å². The molecule has 4 heterocycles. The summed E-state index contributed by atoms with van der Waals surface area (Å²) in [6.07, 6.45) is 5.59. The van der Waals surface area contributed by atoms with Crippen molar-refractivity contribution in [1.29, 1.82) is 0 Å². The minimum atomic E-state index is -0.120. The van der Waals surface area contributed by atoms with Crippen LogP contribution in [0.4, 0.5) is 5.69 Å². The van der Waals surface area contributed by atoms with Crippen molar-refractivity contribution in [2.45, 2.75) is 25.0 Å². The van der Waals surface area contributed by atoms with E-state index in [2.05, 4.69) is 20.0 Å². The van der Waals surface area contributed by atoms with Gasteiger partial charge in [0.15, 0.2) is 0 Å². The van der Waals surface area contributed by atoms with Crippen molar-refractivity contribution < 1.29 is 9.26 Å². The Morgan fingerprint density at radius 1 is 1.33 bits per heavy atom. The lowest BCUT2D eigenvalue weighted by Crippen LogP contribution is -2.42. The molecular weight excluding hydrogens is 270 g/mol. The number of nitrogen functional groups attached to an aromatic ring is 1. The van der Waals surface area contributed by atoms with Gasteiger partial charge in [-0.2, -0.15) is 4.98 Å². The molecule has 0 amide bonds. The van der Waals surface area contributed by atoms with Crippen LogP contribution in [0, 0.1) is 0 Å². The lowest BCUT2D eigenvalue weighted by Gasteiger charge is -2.33. The summed E-state index contributed by atoms with van der Waals surface area (Å²) in [7, 11) is 0. The second-order valence-electron chi connectivity index (χ2n) is 5.58. The summed E-state index contributed by atoms with van der Waals surface area (Å²) < 4.78 is 11.2. The van der Waals surface area contributed by atoms with Gasteiger partial charge < -0.3 is 15.0 Å². The quantitative estimate of drug-likeness (QED) is 0.888. The van der Waals surface area contributed by atoms with Crippen LogP contribution in [0.3, 0.4) is 0 Å². The maximum atomic E-state index is 5.88. The number of nitrogens with zero attached hydrogens (tertiary/aromatic N) is 4. The minimum Gasteiger partial charge on any atom is -0.397 e. The van der Waals surface area contributed by atoms with E-state index in [0.717, 1.165) is 25.3 Å². The normalized spacial score (nSPS) is 25.9. The zero-order valence-electron chi connectivity index (χ0n) is 11.6. The van der Waals surface area contributed by atoms with Gasteiger partial charge >= 0.3 is 0 Å². The maximum absolute atomic E-state index is 5.88. The van der Waals surface area contributed by atoms with E-state index in [1.807, 2.05) is 0 Å². The number of fused-ring (bicyclic) bond motifs is 1. The van der Waals surface area contributed by atoms with Crippen molar-refractivity contribution in [2.24, 2.45) is 0 Å². The molecule has 0 bridgehead atoms. The summed E-state index contributed by atoms with van der Waals surface area (Å²) >= 11 is 0. The van der Waals surface area contributed by atoms with Gasteiger partial charge in [-0.05, 0) is 25.5 Å². The van der Waals surface area contributed by atoms with Gasteiger partial charge in [-0.15, -0.1) is 0 Å². The Balaban J connectivity index is 1.54. The molecular formula is C14H17N5O2. The molecule has 2 aromatic heterocycles. The number of ether oxygens (including phenoxy) is 1. The molecule has 0 radical (unpaired) electrons. The fraction of sp³-hybridized carbons (Fsp3) is 0.500. The van der Waals surface area contributed by atoms with E-state index in [0.29, 0.717) is 23.4 Å². The van der Waals surface area contributed by atoms with E-state index < -0.39 is 0 Å². The van der Waals surface area contributed by atoms with Crippen molar-refractivity contribution in [2.75, 3.05) is 25.4 Å². The molecule has 2 fully saturated rings. The number of anilines is 1. The molecule has 2 aliphatic heterocycles. The Kier molecular flexibility index (Phi) is 3.08. The number of aromatic nitrogens is 3. The number of rotatable bonds is 2. The topological polar surface area (TPSA) is 90.3 Å². The standard InChI is InChI=1S/C14H17N5O2/c15-10-4-9(5-16-6-10)14-17-13(18-21-14)12-7-19-3-1-2-11(19)8-20-12/h4-6,11-12H,1-3,7-8,15H2. The highest BCUT2D eigenvalue weighted by Crippen LogP contribution is 2.29. The van der Waals surface area contributed by atoms with Gasteiger partial charge in [0.25, 0.3) is 5.89 Å². The van der Waals surface area contributed by atoms with E-state index in [-0.39, 0.29) is 6.10 Å². The van der Waals surface area contributed by atoms with Crippen molar-refractivity contribution in [3.05, 3.63) is 24.3 Å². The molecule has 21 heavy (non-hydrogen) atoms. The molecule has 2 unspecified atom stereocenters. The van der Waals surface area contributed by atoms with Gasteiger partial charge in [0.1, 0.15) is 6.10 Å². The summed E-state index contributed by atoms with van der Waals surface area (Å²) in [4.78, 5) is 10.9. The van der Waals surface area contributed by atoms with Crippen LogP contribution in [0.25, 0.3) is 11.5 Å². The molecule has 2 aromatic rings. The first kappa shape index (κ1) is 12.7. The molecule has 110 valence electrons. The lowest BCUT2D eigenvalue weighted by molar-refractivity contribution is -0.0548. The molecule has 0 saturated carbocycles. The second-order valence-corrected chi connectivity index (χ2v) is 5.58. The first-order chi connectivity index (χ1) is 10.3. The number of hydrogen-bond acceptors (Lipinski definition) is 7. The molecule has 0 aliphatic carbocycles. The Hall–Kier alpha value is -1.99. The highest BCUT2D eigenvalue weighted by Gasteiger charge is 2.34. The summed E-state index contributed by atoms with van der Waals surface area (Å²) in [5.74, 6) is 1.02. The third kappa shape index (κ3) is 2.38. The van der Waals surface area contributed by atoms with Crippen LogP contribution >= 0.6 is 0 Å². The molecule has 2 aliphatic rings. The number of nitrogens with two attached hydrogens (primary N) is 1. The van der Waals surface area contributed by atoms with Gasteiger partial charge in [-0.25, -0.2) is 0 Å². The van der Waals surface area contributed by atoms with Gasteiger partial charge in [0.05, 0.1) is 17.9 Å². The minimum absolute atomic E-state index is 0.120. The highest BCUT2D eigenvalue weighted by atomic mass is 16.5. The predicted octanol–water partition coefficient (Wildman–Crippen LogP) is 1.25. The van der Waals surface area contributed by atoms with Crippen molar-refractivity contribution in [3.63, 3.8) is 0 Å². The van der Waals surface area contributed by atoms with Crippen LogP contribution in [0.2, 0.25) is 0 Å². The molecule has 2 atom stereocenters. The zero-order chi connectivity index (χ0) is 14.2. The summed E-state index contributed by atoms with van der Waals surface area (Å²) in [6.45, 7) is 2.71. The van der Waals surface area contributed by atoms with Gasteiger partial charge in [0.2, 0.25) is 5.82 Å². The first-order valence-electron chi connectivity index (χ1n) is 7.20. The average molecular weight is 287 g/mol. The molecule has 7 nitrogen and oxygen atoms in total. The summed E-state index contributed by atoms with van der Waals surface area (Å²) in [5, 5.41) is 4.05. The van der Waals surface area contributed by atoms with Crippen LogP contribution < -0.4 is 5.73 Å². The Bertz CT molecular complexity index is 644. The van der Waals surface area contributed by atoms with Crippen molar-refractivity contribution in [3.8, 4) is 11.5 Å². The third-order valence-electron chi connectivity index (χ3n) is 4.13. The van der Waals surface area contributed by atoms with Crippen molar-refractivity contribution >= 4 is 5.69 Å². The molecule has 7 heteroatoms. The van der Waals surface area contributed by atoms with E-state index in [1.165, 1.54) is 12.8 Å². The lowest BCUT2D eigenvalue weighted by atomic mass is 10.2. The summed E-state index contributed by atoms with van der Waals surface area (Å²) in [6, 6.07) is 2.33. The molecule has 2 saturated heterocycles. The van der Waals surface area contributed by atoms with E-state index >= 15 is 0 Å². The van der Waals surface area contributed by atoms with Gasteiger partial charge in [0, 0.05) is 25.0 Å². The molecule has 0 spiro atoms. The van der Waals surface area contributed by atoms with Gasteiger partial charge in [-0.1, -0.05) is 5.16 Å². The van der Waals surface area contributed by atoms with E-state index in [1.54, 1.807) is 18.5 Å². The number of pyridine rings is 1. The number of morpholine rings is 1. The first-order valence-corrected chi connectivity index (χ1v) is 7.20. The highest BCUT2D eigenvalue weighted by molar-refractivity contribution is 5.57. The van der Waals surface area contributed by atoms with E-state index in [9.17, 15) is 0 Å². The Labute approximate surface area is 122 Å². The smallest absolute Gasteiger partial charge is 0.259 e. The molecule has 2 N–H and O–H groups in total. The second kappa shape index (κ2) is 5.09. The maximum Gasteiger partial charge on any atom is 0.259 e. The van der Waals surface area contributed by atoms with Crippen LogP contribution in [0.15, 0.2) is 23.0 Å². The Morgan fingerprint density at radius 2 is 2.29 bits per heavy atom. The largest absolute Gasteiger partial charge is 0.397 e. The fourth-order valence-electron chi connectivity index (χ4n) is 3.03. The van der Waals surface area contributed by atoms with Crippen LogP contribution in [0.1, 0.15) is 24.8 Å².